The Labute approximate surface area is 167 Å². The normalized spacial score (nSPS) is 20.2. The van der Waals surface area contributed by atoms with Crippen LogP contribution in [0.3, 0.4) is 0 Å². The van der Waals surface area contributed by atoms with Gasteiger partial charge in [0.15, 0.2) is 6.61 Å². The van der Waals surface area contributed by atoms with Gasteiger partial charge in [0.05, 0.1) is 10.5 Å². The van der Waals surface area contributed by atoms with Crippen LogP contribution in [0.2, 0.25) is 0 Å². The molecule has 1 fully saturated rings. The lowest BCUT2D eigenvalue weighted by atomic mass is 9.97. The van der Waals surface area contributed by atoms with E-state index >= 15 is 0 Å². The molecule has 1 heterocycles. The lowest BCUT2D eigenvalue weighted by Gasteiger charge is -2.38. The highest BCUT2D eigenvalue weighted by Gasteiger charge is 2.29. The van der Waals surface area contributed by atoms with Crippen molar-refractivity contribution in [1.82, 2.24) is 9.21 Å². The van der Waals surface area contributed by atoms with Crippen LogP contribution in [-0.2, 0) is 19.6 Å². The van der Waals surface area contributed by atoms with Crippen LogP contribution < -0.4 is 0 Å². The van der Waals surface area contributed by atoms with Crippen LogP contribution in [0, 0.1) is 0 Å². The highest BCUT2D eigenvalue weighted by Crippen LogP contribution is 2.22. The van der Waals surface area contributed by atoms with Crippen molar-refractivity contribution < 1.29 is 22.7 Å². The molecule has 0 saturated carbocycles. The third kappa shape index (κ3) is 4.91. The number of nitrogens with zero attached hydrogens (tertiary/aromatic N) is 2. The summed E-state index contributed by atoms with van der Waals surface area (Å²) in [6, 6.07) is 5.88. The zero-order chi connectivity index (χ0) is 20.9. The van der Waals surface area contributed by atoms with Gasteiger partial charge in [0, 0.05) is 25.2 Å². The molecule has 1 aliphatic rings. The SMILES string of the molecule is CCN(CC)S(=O)(=O)c1ccc(C(=O)OCC(=O)N2[C@@H](C)CCC[C@@H]2C)cc1. The molecule has 156 valence electrons. The van der Waals surface area contributed by atoms with Gasteiger partial charge in [0.2, 0.25) is 10.0 Å². The number of benzene rings is 1. The topological polar surface area (TPSA) is 84.0 Å². The molecule has 1 amide bonds. The summed E-state index contributed by atoms with van der Waals surface area (Å²) in [5.74, 6) is -0.841. The van der Waals surface area contributed by atoms with Crippen molar-refractivity contribution in [2.45, 2.75) is 63.9 Å². The lowest BCUT2D eigenvalue weighted by Crippen LogP contribution is -2.49. The van der Waals surface area contributed by atoms with Gasteiger partial charge >= 0.3 is 5.97 Å². The lowest BCUT2D eigenvalue weighted by molar-refractivity contribution is -0.140. The Morgan fingerprint density at radius 3 is 2.11 bits per heavy atom. The third-order valence-corrected chi connectivity index (χ3v) is 7.31. The van der Waals surface area contributed by atoms with Gasteiger partial charge in [-0.3, -0.25) is 4.79 Å². The molecule has 1 aliphatic heterocycles. The zero-order valence-electron chi connectivity index (χ0n) is 17.1. The summed E-state index contributed by atoms with van der Waals surface area (Å²) >= 11 is 0. The van der Waals surface area contributed by atoms with Crippen LogP contribution in [0.1, 0.15) is 57.3 Å². The van der Waals surface area contributed by atoms with E-state index in [4.69, 9.17) is 4.74 Å². The molecule has 0 aliphatic carbocycles. The molecule has 0 aromatic heterocycles. The average molecular weight is 411 g/mol. The number of hydrogen-bond donors (Lipinski definition) is 0. The number of amides is 1. The quantitative estimate of drug-likeness (QED) is 0.645. The van der Waals surface area contributed by atoms with Crippen LogP contribution in [0.25, 0.3) is 0 Å². The summed E-state index contributed by atoms with van der Waals surface area (Å²) in [4.78, 5) is 26.6. The average Bonchev–Trinajstić information content (AvgIpc) is 2.66. The first kappa shape index (κ1) is 22.4. The number of rotatable bonds is 7. The van der Waals surface area contributed by atoms with Gasteiger partial charge in [0.1, 0.15) is 0 Å². The van der Waals surface area contributed by atoms with Gasteiger partial charge in [-0.15, -0.1) is 0 Å². The molecule has 8 heteroatoms. The summed E-state index contributed by atoms with van der Waals surface area (Å²) in [5.41, 5.74) is 0.214. The van der Waals surface area contributed by atoms with Crippen molar-refractivity contribution in [2.75, 3.05) is 19.7 Å². The van der Waals surface area contributed by atoms with Crippen molar-refractivity contribution in [3.05, 3.63) is 29.8 Å². The zero-order valence-corrected chi connectivity index (χ0v) is 17.9. The number of hydrogen-bond acceptors (Lipinski definition) is 5. The fourth-order valence-electron chi connectivity index (χ4n) is 3.67. The minimum absolute atomic E-state index is 0.125. The minimum Gasteiger partial charge on any atom is -0.452 e. The molecule has 1 aromatic carbocycles. The molecule has 0 unspecified atom stereocenters. The first-order valence-electron chi connectivity index (χ1n) is 9.80. The summed E-state index contributed by atoms with van der Waals surface area (Å²) in [6.07, 6.45) is 2.99. The number of piperidine rings is 1. The Kier molecular flexibility index (Phi) is 7.60. The van der Waals surface area contributed by atoms with Crippen LogP contribution in [0.5, 0.6) is 0 Å². The fraction of sp³-hybridized carbons (Fsp3) is 0.600. The van der Waals surface area contributed by atoms with E-state index in [2.05, 4.69) is 0 Å². The summed E-state index contributed by atoms with van der Waals surface area (Å²) in [7, 11) is -3.58. The fourth-order valence-corrected chi connectivity index (χ4v) is 5.13. The molecule has 28 heavy (non-hydrogen) atoms. The van der Waals surface area contributed by atoms with Gasteiger partial charge in [-0.1, -0.05) is 13.8 Å². The van der Waals surface area contributed by atoms with Crippen molar-refractivity contribution in [2.24, 2.45) is 0 Å². The number of ether oxygens (including phenoxy) is 1. The maximum atomic E-state index is 12.5. The maximum absolute atomic E-state index is 12.5. The van der Waals surface area contributed by atoms with E-state index in [-0.39, 0.29) is 35.1 Å². The molecular formula is C20H30N2O5S. The first-order valence-corrected chi connectivity index (χ1v) is 11.2. The second kappa shape index (κ2) is 9.52. The van der Waals surface area contributed by atoms with Crippen molar-refractivity contribution in [3.63, 3.8) is 0 Å². The largest absolute Gasteiger partial charge is 0.452 e. The third-order valence-electron chi connectivity index (χ3n) is 5.24. The van der Waals surface area contributed by atoms with E-state index < -0.39 is 16.0 Å². The monoisotopic (exact) mass is 410 g/mol. The minimum atomic E-state index is -3.58. The molecule has 0 spiro atoms. The Morgan fingerprint density at radius 1 is 1.07 bits per heavy atom. The molecule has 7 nitrogen and oxygen atoms in total. The Hall–Kier alpha value is -1.93. The molecule has 2 atom stereocenters. The molecule has 1 aromatic rings. The number of carbonyl (C=O) groups excluding carboxylic acids is 2. The highest BCUT2D eigenvalue weighted by molar-refractivity contribution is 7.89. The number of carbonyl (C=O) groups is 2. The van der Waals surface area contributed by atoms with E-state index in [9.17, 15) is 18.0 Å². The van der Waals surface area contributed by atoms with E-state index in [1.807, 2.05) is 13.8 Å². The molecule has 2 rings (SSSR count). The molecule has 0 bridgehead atoms. The van der Waals surface area contributed by atoms with Crippen LogP contribution in [0.15, 0.2) is 29.2 Å². The Bertz CT molecular complexity index is 777. The van der Waals surface area contributed by atoms with E-state index in [0.717, 1.165) is 19.3 Å². The molecular weight excluding hydrogens is 380 g/mol. The Morgan fingerprint density at radius 2 is 1.61 bits per heavy atom. The maximum Gasteiger partial charge on any atom is 0.338 e. The van der Waals surface area contributed by atoms with Crippen LogP contribution >= 0.6 is 0 Å². The van der Waals surface area contributed by atoms with E-state index in [1.165, 1.54) is 28.6 Å². The van der Waals surface area contributed by atoms with Gasteiger partial charge in [-0.2, -0.15) is 4.31 Å². The van der Waals surface area contributed by atoms with E-state index in [0.29, 0.717) is 13.1 Å². The predicted molar refractivity (Wildman–Crippen MR) is 106 cm³/mol. The number of likely N-dealkylation sites (tertiary alicyclic amines) is 1. The highest BCUT2D eigenvalue weighted by atomic mass is 32.2. The Balaban J connectivity index is 2.00. The van der Waals surface area contributed by atoms with Gasteiger partial charge < -0.3 is 9.64 Å². The van der Waals surface area contributed by atoms with Crippen molar-refractivity contribution in [1.29, 1.82) is 0 Å². The van der Waals surface area contributed by atoms with Gasteiger partial charge in [-0.05, 0) is 57.4 Å². The number of sulfonamides is 1. The molecule has 0 radical (unpaired) electrons. The van der Waals surface area contributed by atoms with Crippen LogP contribution in [-0.4, -0.2) is 61.3 Å². The number of esters is 1. The summed E-state index contributed by atoms with van der Waals surface area (Å²) in [6.45, 7) is 7.99. The van der Waals surface area contributed by atoms with Crippen molar-refractivity contribution in [3.8, 4) is 0 Å². The second-order valence-corrected chi connectivity index (χ2v) is 9.06. The molecule has 1 saturated heterocycles. The first-order chi connectivity index (χ1) is 13.2. The van der Waals surface area contributed by atoms with Gasteiger partial charge in [0.25, 0.3) is 5.91 Å². The standard InChI is InChI=1S/C20H30N2O5S/c1-5-21(6-2)28(25,26)18-12-10-17(11-13-18)20(24)27-14-19(23)22-15(3)8-7-9-16(22)4/h10-13,15-16H,5-9,14H2,1-4H3/t15-,16-/m0/s1. The smallest absolute Gasteiger partial charge is 0.338 e. The van der Waals surface area contributed by atoms with E-state index in [1.54, 1.807) is 18.7 Å². The summed E-state index contributed by atoms with van der Waals surface area (Å²) in [5, 5.41) is 0. The second-order valence-electron chi connectivity index (χ2n) is 7.12. The van der Waals surface area contributed by atoms with Gasteiger partial charge in [-0.25, -0.2) is 13.2 Å². The van der Waals surface area contributed by atoms with Crippen LogP contribution in [0.4, 0.5) is 0 Å². The van der Waals surface area contributed by atoms with Crippen molar-refractivity contribution >= 4 is 21.9 Å². The summed E-state index contributed by atoms with van der Waals surface area (Å²) < 4.78 is 31.5. The predicted octanol–water partition coefficient (Wildman–Crippen LogP) is 2.66. The molecule has 0 N–H and O–H groups in total.